The van der Waals surface area contributed by atoms with Crippen LogP contribution in [0.1, 0.15) is 0 Å². The summed E-state index contributed by atoms with van der Waals surface area (Å²) < 4.78 is 15.2. The van der Waals surface area contributed by atoms with E-state index in [0.29, 0.717) is 16.9 Å². The van der Waals surface area contributed by atoms with Gasteiger partial charge in [-0.2, -0.15) is 0 Å². The first kappa shape index (κ1) is 9.84. The van der Waals surface area contributed by atoms with E-state index in [0.717, 1.165) is 0 Å². The van der Waals surface area contributed by atoms with Crippen molar-refractivity contribution in [2.45, 2.75) is 0 Å². The monoisotopic (exact) mass is 228 g/mol. The van der Waals surface area contributed by atoms with Gasteiger partial charge in [0, 0.05) is 11.8 Å². The zero-order valence-corrected chi connectivity index (χ0v) is 8.84. The molecule has 0 saturated heterocycles. The van der Waals surface area contributed by atoms with Gasteiger partial charge in [0.15, 0.2) is 0 Å². The topological polar surface area (TPSA) is 37.5 Å². The maximum atomic E-state index is 13.6. The van der Waals surface area contributed by atoms with Crippen LogP contribution in [0.3, 0.4) is 0 Å². The lowest BCUT2D eigenvalue weighted by atomic mass is 10.1. The third-order valence-corrected chi connectivity index (χ3v) is 2.59. The second-order valence-corrected chi connectivity index (χ2v) is 3.76. The Morgan fingerprint density at radius 2 is 1.88 bits per heavy atom. The maximum absolute atomic E-state index is 13.6. The van der Waals surface area contributed by atoms with Crippen LogP contribution in [0.25, 0.3) is 16.9 Å². The van der Waals surface area contributed by atoms with Gasteiger partial charge in [-0.25, -0.2) is 9.37 Å². The van der Waals surface area contributed by atoms with Crippen LogP contribution in [0.2, 0.25) is 0 Å². The van der Waals surface area contributed by atoms with E-state index >= 15 is 0 Å². The van der Waals surface area contributed by atoms with Crippen molar-refractivity contribution in [1.29, 1.82) is 0 Å². The molecule has 0 aliphatic heterocycles. The maximum Gasteiger partial charge on any atom is 0.137 e. The molecule has 0 aliphatic rings. The van der Waals surface area contributed by atoms with E-state index in [9.17, 15) is 9.50 Å². The van der Waals surface area contributed by atoms with Crippen LogP contribution in [-0.4, -0.2) is 14.5 Å². The molecule has 0 radical (unpaired) electrons. The molecule has 17 heavy (non-hydrogen) atoms. The number of nitrogens with zero attached hydrogens (tertiary/aromatic N) is 2. The minimum Gasteiger partial charge on any atom is -0.506 e. The number of benzene rings is 1. The average molecular weight is 228 g/mol. The Kier molecular flexibility index (Phi) is 2.08. The number of hydrogen-bond donors (Lipinski definition) is 1. The zero-order chi connectivity index (χ0) is 11.8. The molecular formula is C13H9FN2O. The van der Waals surface area contributed by atoms with Gasteiger partial charge in [-0.05, 0) is 24.3 Å². The highest BCUT2D eigenvalue weighted by Crippen LogP contribution is 2.23. The number of imidazole rings is 1. The van der Waals surface area contributed by atoms with Gasteiger partial charge in [-0.15, -0.1) is 0 Å². The molecule has 4 heteroatoms. The van der Waals surface area contributed by atoms with Crippen LogP contribution in [-0.2, 0) is 0 Å². The first-order valence-electron chi connectivity index (χ1n) is 5.17. The predicted molar refractivity (Wildman–Crippen MR) is 62.3 cm³/mol. The van der Waals surface area contributed by atoms with Gasteiger partial charge in [-0.1, -0.05) is 12.1 Å². The Hall–Kier alpha value is -2.36. The van der Waals surface area contributed by atoms with E-state index < -0.39 is 0 Å². The summed E-state index contributed by atoms with van der Waals surface area (Å²) in [6.07, 6.45) is 3.22. The quantitative estimate of drug-likeness (QED) is 0.695. The number of aromatic nitrogens is 2. The average Bonchev–Trinajstić information content (AvgIpc) is 2.72. The van der Waals surface area contributed by atoms with Crippen molar-refractivity contribution in [3.8, 4) is 17.0 Å². The van der Waals surface area contributed by atoms with Crippen molar-refractivity contribution in [3.63, 3.8) is 0 Å². The Labute approximate surface area is 96.8 Å². The fourth-order valence-electron chi connectivity index (χ4n) is 1.78. The van der Waals surface area contributed by atoms with Crippen LogP contribution in [0.5, 0.6) is 5.75 Å². The van der Waals surface area contributed by atoms with Crippen molar-refractivity contribution in [2.24, 2.45) is 0 Å². The molecule has 3 nitrogen and oxygen atoms in total. The molecule has 2 heterocycles. The molecule has 3 aromatic rings. The fourth-order valence-corrected chi connectivity index (χ4v) is 1.78. The second-order valence-electron chi connectivity index (χ2n) is 3.76. The number of rotatable bonds is 1. The number of hydrogen-bond acceptors (Lipinski definition) is 2. The van der Waals surface area contributed by atoms with Gasteiger partial charge in [0.1, 0.15) is 17.2 Å². The van der Waals surface area contributed by atoms with E-state index in [1.807, 2.05) is 0 Å². The molecule has 0 bridgehead atoms. The third kappa shape index (κ3) is 1.63. The van der Waals surface area contributed by atoms with Crippen LogP contribution >= 0.6 is 0 Å². The summed E-state index contributed by atoms with van der Waals surface area (Å²) in [4.78, 5) is 4.30. The Morgan fingerprint density at radius 1 is 1.06 bits per heavy atom. The van der Waals surface area contributed by atoms with E-state index in [1.54, 1.807) is 40.9 Å². The van der Waals surface area contributed by atoms with Crippen LogP contribution in [0.15, 0.2) is 48.8 Å². The number of aromatic hydroxyl groups is 1. The predicted octanol–water partition coefficient (Wildman–Crippen LogP) is 2.85. The van der Waals surface area contributed by atoms with Gasteiger partial charge in [0.05, 0.1) is 11.9 Å². The molecule has 0 unspecified atom stereocenters. The molecule has 0 atom stereocenters. The zero-order valence-electron chi connectivity index (χ0n) is 8.84. The van der Waals surface area contributed by atoms with Crippen molar-refractivity contribution >= 4 is 5.65 Å². The highest BCUT2D eigenvalue weighted by atomic mass is 19.1. The molecule has 0 spiro atoms. The smallest absolute Gasteiger partial charge is 0.137 e. The molecule has 0 amide bonds. The van der Waals surface area contributed by atoms with Gasteiger partial charge >= 0.3 is 0 Å². The SMILES string of the molecule is Oc1ccc2nc(-c3ccccc3F)cn2c1. The molecule has 84 valence electrons. The molecule has 0 fully saturated rings. The summed E-state index contributed by atoms with van der Waals surface area (Å²) in [6.45, 7) is 0. The molecule has 3 rings (SSSR count). The lowest BCUT2D eigenvalue weighted by Crippen LogP contribution is -1.82. The Balaban J connectivity index is 2.22. The van der Waals surface area contributed by atoms with Crippen LogP contribution in [0, 0.1) is 5.82 Å². The van der Waals surface area contributed by atoms with E-state index in [-0.39, 0.29) is 11.6 Å². The first-order valence-corrected chi connectivity index (χ1v) is 5.17. The van der Waals surface area contributed by atoms with Crippen molar-refractivity contribution in [3.05, 3.63) is 54.6 Å². The fraction of sp³-hybridized carbons (Fsp3) is 0. The van der Waals surface area contributed by atoms with Gasteiger partial charge < -0.3 is 9.51 Å². The highest BCUT2D eigenvalue weighted by molar-refractivity contribution is 5.63. The minimum absolute atomic E-state index is 0.148. The molecule has 0 aliphatic carbocycles. The second kappa shape index (κ2) is 3.59. The number of pyridine rings is 1. The molecule has 1 N–H and O–H groups in total. The number of halogens is 1. The number of fused-ring (bicyclic) bond motifs is 1. The van der Waals surface area contributed by atoms with Gasteiger partial charge in [0.25, 0.3) is 0 Å². The van der Waals surface area contributed by atoms with Gasteiger partial charge in [-0.3, -0.25) is 0 Å². The standard InChI is InChI=1S/C13H9FN2O/c14-11-4-2-1-3-10(11)12-8-16-7-9(17)5-6-13(16)15-12/h1-8,17H. The van der Waals surface area contributed by atoms with E-state index in [2.05, 4.69) is 4.98 Å². The summed E-state index contributed by atoms with van der Waals surface area (Å²) in [6, 6.07) is 9.71. The van der Waals surface area contributed by atoms with Crippen LogP contribution in [0.4, 0.5) is 4.39 Å². The van der Waals surface area contributed by atoms with E-state index in [1.165, 1.54) is 12.3 Å². The summed E-state index contributed by atoms with van der Waals surface area (Å²) in [7, 11) is 0. The lowest BCUT2D eigenvalue weighted by molar-refractivity contribution is 0.472. The Bertz CT molecular complexity index is 691. The summed E-state index contributed by atoms with van der Waals surface area (Å²) in [5.41, 5.74) is 1.67. The van der Waals surface area contributed by atoms with Crippen molar-refractivity contribution < 1.29 is 9.50 Å². The molecule has 0 saturated carbocycles. The normalized spacial score (nSPS) is 10.9. The lowest BCUT2D eigenvalue weighted by Gasteiger charge is -1.96. The largest absolute Gasteiger partial charge is 0.506 e. The molecule has 2 aromatic heterocycles. The third-order valence-electron chi connectivity index (χ3n) is 2.59. The van der Waals surface area contributed by atoms with Crippen molar-refractivity contribution in [1.82, 2.24) is 9.38 Å². The minimum atomic E-state index is -0.305. The van der Waals surface area contributed by atoms with Gasteiger partial charge in [0.2, 0.25) is 0 Å². The summed E-state index contributed by atoms with van der Waals surface area (Å²) in [5, 5.41) is 9.34. The van der Waals surface area contributed by atoms with E-state index in [4.69, 9.17) is 0 Å². The Morgan fingerprint density at radius 3 is 2.71 bits per heavy atom. The highest BCUT2D eigenvalue weighted by Gasteiger charge is 2.08. The summed E-state index contributed by atoms with van der Waals surface area (Å²) in [5.74, 6) is -0.157. The summed E-state index contributed by atoms with van der Waals surface area (Å²) >= 11 is 0. The molecule has 1 aromatic carbocycles. The van der Waals surface area contributed by atoms with Crippen molar-refractivity contribution in [2.75, 3.05) is 0 Å². The first-order chi connectivity index (χ1) is 8.24. The molecular weight excluding hydrogens is 219 g/mol. The van der Waals surface area contributed by atoms with Crippen LogP contribution < -0.4 is 0 Å².